The predicted octanol–water partition coefficient (Wildman–Crippen LogP) is 1.75. The summed E-state index contributed by atoms with van der Waals surface area (Å²) >= 11 is 1.55. The Hall–Kier alpha value is -2.26. The summed E-state index contributed by atoms with van der Waals surface area (Å²) in [4.78, 5) is 3.69. The summed E-state index contributed by atoms with van der Waals surface area (Å²) in [6.07, 6.45) is 5.21. The number of aliphatic imine (C=N–C) groups is 1. The van der Waals surface area contributed by atoms with E-state index in [-0.39, 0.29) is 10.9 Å². The number of thioether (sulfide) groups is 1. The Balaban J connectivity index is 2.45. The van der Waals surface area contributed by atoms with Crippen LogP contribution in [0.15, 0.2) is 52.6 Å². The van der Waals surface area contributed by atoms with Crippen molar-refractivity contribution in [3.63, 3.8) is 0 Å². The molecule has 0 aliphatic rings. The van der Waals surface area contributed by atoms with Crippen molar-refractivity contribution >= 4 is 39.2 Å². The molecule has 7 nitrogen and oxygen atoms in total. The van der Waals surface area contributed by atoms with Gasteiger partial charge in [-0.2, -0.15) is 4.57 Å². The van der Waals surface area contributed by atoms with E-state index in [0.717, 1.165) is 11.3 Å². The van der Waals surface area contributed by atoms with Crippen LogP contribution in [0.4, 0.5) is 11.4 Å². The van der Waals surface area contributed by atoms with Crippen LogP contribution in [-0.2, 0) is 15.9 Å². The van der Waals surface area contributed by atoms with E-state index >= 15 is 0 Å². The van der Waals surface area contributed by atoms with E-state index in [0.29, 0.717) is 11.6 Å². The van der Waals surface area contributed by atoms with Crippen molar-refractivity contribution in [3.8, 4) is 0 Å². The Morgan fingerprint density at radius 3 is 2.70 bits per heavy atom. The number of rotatable bonds is 7. The molecule has 0 spiro atoms. The first kappa shape index (κ1) is 21.0. The zero-order valence-electron chi connectivity index (χ0n) is 15.8. The van der Waals surface area contributed by atoms with E-state index in [1.165, 1.54) is 6.20 Å². The number of aryl methyl sites for hydroxylation is 1. The first-order valence-corrected chi connectivity index (χ1v) is 11.2. The maximum absolute atomic E-state index is 12.8. The van der Waals surface area contributed by atoms with Gasteiger partial charge >= 0.3 is 0 Å². The second-order valence-electron chi connectivity index (χ2n) is 6.28. The van der Waals surface area contributed by atoms with Crippen LogP contribution in [-0.4, -0.2) is 26.7 Å². The van der Waals surface area contributed by atoms with Gasteiger partial charge in [-0.15, -0.1) is 0 Å². The van der Waals surface area contributed by atoms with Crippen LogP contribution in [0.2, 0.25) is 0 Å². The number of benzene rings is 1. The van der Waals surface area contributed by atoms with Gasteiger partial charge in [0.1, 0.15) is 0 Å². The Labute approximate surface area is 164 Å². The van der Waals surface area contributed by atoms with E-state index in [4.69, 9.17) is 0 Å². The van der Waals surface area contributed by atoms with Crippen LogP contribution in [0.25, 0.3) is 0 Å². The molecule has 0 saturated carbocycles. The first-order chi connectivity index (χ1) is 12.7. The predicted molar refractivity (Wildman–Crippen MR) is 108 cm³/mol. The monoisotopic (exact) mass is 408 g/mol. The number of hydrogen-bond donors (Lipinski definition) is 2. The smallest absolute Gasteiger partial charge is 0.270 e. The summed E-state index contributed by atoms with van der Waals surface area (Å²) in [5.41, 5.74) is 2.18. The van der Waals surface area contributed by atoms with Gasteiger partial charge in [-0.1, -0.05) is 23.9 Å². The van der Waals surface area contributed by atoms with Gasteiger partial charge in [0.2, 0.25) is 0 Å². The lowest BCUT2D eigenvalue weighted by molar-refractivity contribution is -0.677. The molecule has 0 aliphatic carbocycles. The van der Waals surface area contributed by atoms with Crippen LogP contribution >= 0.6 is 11.8 Å². The van der Waals surface area contributed by atoms with Crippen molar-refractivity contribution in [2.75, 3.05) is 11.6 Å². The summed E-state index contributed by atoms with van der Waals surface area (Å²) in [5, 5.41) is 15.0. The van der Waals surface area contributed by atoms with Crippen LogP contribution in [0.3, 0.4) is 0 Å². The molecule has 2 N–H and O–H groups in total. The van der Waals surface area contributed by atoms with E-state index in [2.05, 4.69) is 10.3 Å². The SMILES string of the molecule is CSC[n+]1ccc(Nc2cccc(C)c2)c(S(=O)(=O)NC([O-])=NC(C)C)c1. The molecule has 9 heteroatoms. The number of hydrogen-bond acceptors (Lipinski definition) is 6. The van der Waals surface area contributed by atoms with Crippen LogP contribution < -0.4 is 19.7 Å². The molecule has 1 aromatic carbocycles. The topological polar surface area (TPSA) is 97.5 Å². The van der Waals surface area contributed by atoms with Crippen molar-refractivity contribution in [2.45, 2.75) is 37.6 Å². The normalized spacial score (nSPS) is 12.3. The third kappa shape index (κ3) is 6.14. The molecule has 0 amide bonds. The number of pyridine rings is 1. The van der Waals surface area contributed by atoms with Crippen molar-refractivity contribution in [2.24, 2.45) is 4.99 Å². The third-order valence-electron chi connectivity index (χ3n) is 3.44. The van der Waals surface area contributed by atoms with Crippen molar-refractivity contribution < 1.29 is 18.1 Å². The number of nitrogens with zero attached hydrogens (tertiary/aromatic N) is 2. The molecule has 0 bridgehead atoms. The highest BCUT2D eigenvalue weighted by Crippen LogP contribution is 2.24. The fourth-order valence-electron chi connectivity index (χ4n) is 2.37. The molecule has 146 valence electrons. The Bertz CT molecular complexity index is 928. The minimum absolute atomic E-state index is 0.0205. The lowest BCUT2D eigenvalue weighted by Gasteiger charge is -2.17. The van der Waals surface area contributed by atoms with Crippen molar-refractivity contribution in [3.05, 3.63) is 48.3 Å². The van der Waals surface area contributed by atoms with E-state index < -0.39 is 16.0 Å². The van der Waals surface area contributed by atoms with Gasteiger partial charge in [0.25, 0.3) is 10.0 Å². The second kappa shape index (κ2) is 9.09. The fraction of sp³-hybridized carbons (Fsp3) is 0.333. The zero-order valence-corrected chi connectivity index (χ0v) is 17.4. The third-order valence-corrected chi connectivity index (χ3v) is 5.35. The molecule has 0 fully saturated rings. The summed E-state index contributed by atoms with van der Waals surface area (Å²) in [7, 11) is -4.09. The van der Waals surface area contributed by atoms with Gasteiger partial charge in [-0.05, 0) is 44.7 Å². The summed E-state index contributed by atoms with van der Waals surface area (Å²) in [6.45, 7) is 5.35. The number of aromatic nitrogens is 1. The molecule has 1 heterocycles. The van der Waals surface area contributed by atoms with E-state index in [1.54, 1.807) is 42.4 Å². The molecule has 27 heavy (non-hydrogen) atoms. The lowest BCUT2D eigenvalue weighted by Crippen LogP contribution is -2.41. The van der Waals surface area contributed by atoms with Crippen LogP contribution in [0, 0.1) is 6.92 Å². The maximum atomic E-state index is 12.8. The number of nitrogens with one attached hydrogen (secondary N) is 2. The average molecular weight is 409 g/mol. The maximum Gasteiger partial charge on any atom is 0.270 e. The average Bonchev–Trinajstić information content (AvgIpc) is 2.55. The van der Waals surface area contributed by atoms with Gasteiger partial charge in [-0.25, -0.2) is 8.42 Å². The first-order valence-electron chi connectivity index (χ1n) is 8.34. The minimum atomic E-state index is -4.09. The van der Waals surface area contributed by atoms with E-state index in [1.807, 2.05) is 42.2 Å². The number of anilines is 2. The lowest BCUT2D eigenvalue weighted by atomic mass is 10.2. The second-order valence-corrected chi connectivity index (χ2v) is 8.77. The van der Waals surface area contributed by atoms with Gasteiger partial charge in [0, 0.05) is 17.8 Å². The Morgan fingerprint density at radius 2 is 2.07 bits per heavy atom. The zero-order chi connectivity index (χ0) is 20.0. The van der Waals surface area contributed by atoms with Crippen LogP contribution in [0.5, 0.6) is 0 Å². The molecule has 0 saturated heterocycles. The summed E-state index contributed by atoms with van der Waals surface area (Å²) < 4.78 is 29.4. The molecular weight excluding hydrogens is 384 g/mol. The Kier molecular flexibility index (Phi) is 7.09. The number of amidine groups is 1. The van der Waals surface area contributed by atoms with Gasteiger partial charge in [0.15, 0.2) is 23.2 Å². The minimum Gasteiger partial charge on any atom is -0.846 e. The molecule has 0 aliphatic heterocycles. The van der Waals surface area contributed by atoms with E-state index in [9.17, 15) is 13.5 Å². The highest BCUT2D eigenvalue weighted by molar-refractivity contribution is 7.97. The highest BCUT2D eigenvalue weighted by atomic mass is 32.2. The molecule has 2 rings (SSSR count). The van der Waals surface area contributed by atoms with Gasteiger partial charge in [-0.3, -0.25) is 9.71 Å². The van der Waals surface area contributed by atoms with Gasteiger partial charge in [0.05, 0.1) is 11.7 Å². The molecule has 0 radical (unpaired) electrons. The summed E-state index contributed by atoms with van der Waals surface area (Å²) in [6, 6.07) is 8.08. The molecule has 1 aromatic heterocycles. The highest BCUT2D eigenvalue weighted by Gasteiger charge is 2.23. The molecule has 0 unspecified atom stereocenters. The van der Waals surface area contributed by atoms with Crippen molar-refractivity contribution in [1.82, 2.24) is 4.72 Å². The molecule has 0 atom stereocenters. The quantitative estimate of drug-likeness (QED) is 0.413. The Morgan fingerprint density at radius 1 is 1.33 bits per heavy atom. The summed E-state index contributed by atoms with van der Waals surface area (Å²) in [5.74, 6) is 0.581. The van der Waals surface area contributed by atoms with Crippen molar-refractivity contribution in [1.29, 1.82) is 0 Å². The van der Waals surface area contributed by atoms with Crippen LogP contribution in [0.1, 0.15) is 19.4 Å². The largest absolute Gasteiger partial charge is 0.846 e. The van der Waals surface area contributed by atoms with Gasteiger partial charge < -0.3 is 10.4 Å². The fourth-order valence-corrected chi connectivity index (χ4v) is 3.91. The molecular formula is C18H24N4O3S2. The number of sulfonamides is 1. The standard InChI is InChI=1S/C18H24N4O3S2/c1-13(2)19-18(23)21-27(24,25)17-11-22(12-26-4)9-8-16(17)20-15-7-5-6-14(3)10-15/h5-11,13H,12H2,1-4H3,(H2,19,21,23). The molecule has 2 aromatic rings.